The van der Waals surface area contributed by atoms with Crippen LogP contribution in [0.4, 0.5) is 22.0 Å². The average molecular weight is 512 g/mol. The van der Waals surface area contributed by atoms with Crippen molar-refractivity contribution in [2.45, 2.75) is 26.2 Å². The van der Waals surface area contributed by atoms with Crippen LogP contribution in [0.5, 0.6) is 11.5 Å². The molecule has 0 aliphatic heterocycles. The van der Waals surface area contributed by atoms with Crippen molar-refractivity contribution in [3.8, 4) is 11.5 Å². The molecule has 0 radical (unpaired) electrons. The number of carbonyl (C=O) groups excluding carboxylic acids is 2. The Hall–Kier alpha value is -5.12. The standard InChI is InChI=1S/C28H25N5O5/c1-28(2,3)24-14-25(33-38-24)32-27(37)30-16-9-7-15(8-10-16)29-26(36)18-5-4-6-21-19(18)13-20-22(31-21)11-17(34)12-23(20)35/h4-14,34-35H,1-3H3,(H,29,36)(H2,30,32,33,37). The van der Waals surface area contributed by atoms with Gasteiger partial charge >= 0.3 is 6.03 Å². The number of nitrogens with one attached hydrogen (secondary N) is 3. The molecule has 0 aliphatic carbocycles. The predicted octanol–water partition coefficient (Wildman–Crippen LogP) is 5.98. The molecule has 10 heteroatoms. The third-order valence-electron chi connectivity index (χ3n) is 5.87. The quantitative estimate of drug-likeness (QED) is 0.186. The highest BCUT2D eigenvalue weighted by Crippen LogP contribution is 2.32. The van der Waals surface area contributed by atoms with Gasteiger partial charge < -0.3 is 25.4 Å². The molecule has 192 valence electrons. The van der Waals surface area contributed by atoms with Crippen LogP contribution >= 0.6 is 0 Å². The van der Waals surface area contributed by atoms with Crippen molar-refractivity contribution in [3.63, 3.8) is 0 Å². The zero-order valence-electron chi connectivity index (χ0n) is 20.9. The summed E-state index contributed by atoms with van der Waals surface area (Å²) in [4.78, 5) is 29.9. The minimum absolute atomic E-state index is 0.0982. The third kappa shape index (κ3) is 5.05. The lowest BCUT2D eigenvalue weighted by Gasteiger charge is -2.12. The molecule has 3 aromatic carbocycles. The number of fused-ring (bicyclic) bond motifs is 2. The smallest absolute Gasteiger partial charge is 0.324 e. The number of pyridine rings is 1. The Kier molecular flexibility index (Phi) is 6.08. The van der Waals surface area contributed by atoms with E-state index < -0.39 is 6.03 Å². The molecule has 0 bridgehead atoms. The number of hydrogen-bond acceptors (Lipinski definition) is 7. The summed E-state index contributed by atoms with van der Waals surface area (Å²) in [6.07, 6.45) is 0. The van der Waals surface area contributed by atoms with Gasteiger partial charge in [0.2, 0.25) is 0 Å². The normalized spacial score (nSPS) is 11.4. The van der Waals surface area contributed by atoms with Gasteiger partial charge in [0.05, 0.1) is 11.0 Å². The van der Waals surface area contributed by atoms with Crippen molar-refractivity contribution in [2.24, 2.45) is 0 Å². The molecule has 2 heterocycles. The van der Waals surface area contributed by atoms with Crippen molar-refractivity contribution in [1.29, 1.82) is 0 Å². The molecule has 5 N–H and O–H groups in total. The van der Waals surface area contributed by atoms with E-state index >= 15 is 0 Å². The second-order valence-electron chi connectivity index (χ2n) is 9.83. The van der Waals surface area contributed by atoms with Crippen molar-refractivity contribution < 1.29 is 24.3 Å². The first-order valence-electron chi connectivity index (χ1n) is 11.8. The van der Waals surface area contributed by atoms with Crippen LogP contribution in [-0.4, -0.2) is 32.3 Å². The number of nitrogens with zero attached hydrogens (tertiary/aromatic N) is 2. The van der Waals surface area contributed by atoms with E-state index in [1.807, 2.05) is 20.8 Å². The summed E-state index contributed by atoms with van der Waals surface area (Å²) in [6.45, 7) is 5.94. The third-order valence-corrected chi connectivity index (χ3v) is 5.87. The highest BCUT2D eigenvalue weighted by Gasteiger charge is 2.20. The van der Waals surface area contributed by atoms with E-state index in [1.54, 1.807) is 54.6 Å². The Balaban J connectivity index is 1.29. The highest BCUT2D eigenvalue weighted by atomic mass is 16.5. The fourth-order valence-corrected chi connectivity index (χ4v) is 3.92. The minimum atomic E-state index is -0.484. The lowest BCUT2D eigenvalue weighted by Crippen LogP contribution is -2.19. The zero-order chi connectivity index (χ0) is 27.0. The fourth-order valence-electron chi connectivity index (χ4n) is 3.92. The number of aromatic nitrogens is 2. The van der Waals surface area contributed by atoms with Crippen molar-refractivity contribution in [2.75, 3.05) is 16.0 Å². The molecule has 2 aromatic heterocycles. The van der Waals surface area contributed by atoms with Gasteiger partial charge in [0.15, 0.2) is 5.82 Å². The molecule has 0 saturated carbocycles. The second-order valence-corrected chi connectivity index (χ2v) is 9.83. The van der Waals surface area contributed by atoms with E-state index in [1.165, 1.54) is 12.1 Å². The number of amides is 3. The van der Waals surface area contributed by atoms with Gasteiger partial charge in [-0.25, -0.2) is 9.78 Å². The number of aromatic hydroxyl groups is 2. The Bertz CT molecular complexity index is 1690. The summed E-state index contributed by atoms with van der Waals surface area (Å²) in [6, 6.07) is 17.3. The lowest BCUT2D eigenvalue weighted by atomic mass is 9.93. The number of hydrogen-bond donors (Lipinski definition) is 5. The molecule has 0 unspecified atom stereocenters. The van der Waals surface area contributed by atoms with Crippen LogP contribution in [0.3, 0.4) is 0 Å². The summed E-state index contributed by atoms with van der Waals surface area (Å²) in [5.74, 6) is 0.362. The summed E-state index contributed by atoms with van der Waals surface area (Å²) in [7, 11) is 0. The number of phenols is 2. The Morgan fingerprint density at radius 1 is 0.816 bits per heavy atom. The Morgan fingerprint density at radius 3 is 2.21 bits per heavy atom. The molecule has 10 nitrogen and oxygen atoms in total. The summed E-state index contributed by atoms with van der Waals surface area (Å²) >= 11 is 0. The van der Waals surface area contributed by atoms with Crippen LogP contribution in [0.2, 0.25) is 0 Å². The van der Waals surface area contributed by atoms with Crippen LogP contribution < -0.4 is 16.0 Å². The Morgan fingerprint density at radius 2 is 1.53 bits per heavy atom. The fraction of sp³-hybridized carbons (Fsp3) is 0.143. The molecular formula is C28H25N5O5. The van der Waals surface area contributed by atoms with Gasteiger partial charge in [-0.2, -0.15) is 0 Å². The minimum Gasteiger partial charge on any atom is -0.508 e. The number of phenolic OH excluding ortho intramolecular Hbond substituents is 2. The van der Waals surface area contributed by atoms with Crippen molar-refractivity contribution >= 4 is 50.9 Å². The second kappa shape index (κ2) is 9.40. The number of rotatable bonds is 4. The first kappa shape index (κ1) is 24.6. The van der Waals surface area contributed by atoms with Crippen LogP contribution in [0.25, 0.3) is 21.8 Å². The van der Waals surface area contributed by atoms with E-state index in [4.69, 9.17) is 4.52 Å². The summed E-state index contributed by atoms with van der Waals surface area (Å²) < 4.78 is 5.27. The average Bonchev–Trinajstić information content (AvgIpc) is 3.33. The van der Waals surface area contributed by atoms with Gasteiger partial charge in [0.25, 0.3) is 5.91 Å². The van der Waals surface area contributed by atoms with Crippen LogP contribution in [0, 0.1) is 0 Å². The largest absolute Gasteiger partial charge is 0.508 e. The van der Waals surface area contributed by atoms with Gasteiger partial charge in [-0.3, -0.25) is 10.1 Å². The number of urea groups is 1. The molecule has 5 rings (SSSR count). The maximum atomic E-state index is 13.1. The summed E-state index contributed by atoms with van der Waals surface area (Å²) in [5.41, 5.74) is 2.13. The predicted molar refractivity (Wildman–Crippen MR) is 145 cm³/mol. The van der Waals surface area contributed by atoms with E-state index in [2.05, 4.69) is 26.1 Å². The van der Waals surface area contributed by atoms with Crippen molar-refractivity contribution in [3.05, 3.63) is 78.1 Å². The molecule has 5 aromatic rings. The van der Waals surface area contributed by atoms with Gasteiger partial charge in [-0.15, -0.1) is 0 Å². The first-order chi connectivity index (χ1) is 18.1. The number of anilines is 3. The summed E-state index contributed by atoms with van der Waals surface area (Å²) in [5, 5.41) is 33.0. The number of carbonyl (C=O) groups is 2. The van der Waals surface area contributed by atoms with E-state index in [0.29, 0.717) is 50.3 Å². The highest BCUT2D eigenvalue weighted by molar-refractivity contribution is 6.14. The lowest BCUT2D eigenvalue weighted by molar-refractivity contribution is 0.102. The van der Waals surface area contributed by atoms with Gasteiger partial charge in [0, 0.05) is 51.3 Å². The molecule has 38 heavy (non-hydrogen) atoms. The van der Waals surface area contributed by atoms with E-state index in [0.717, 1.165) is 0 Å². The van der Waals surface area contributed by atoms with Crippen LogP contribution in [0.15, 0.2) is 71.3 Å². The van der Waals surface area contributed by atoms with Gasteiger partial charge in [-0.1, -0.05) is 32.0 Å². The molecule has 3 amide bonds. The zero-order valence-corrected chi connectivity index (χ0v) is 20.9. The molecule has 0 saturated heterocycles. The topological polar surface area (TPSA) is 150 Å². The molecule has 0 spiro atoms. The molecular weight excluding hydrogens is 486 g/mol. The van der Waals surface area contributed by atoms with Crippen LogP contribution in [-0.2, 0) is 5.41 Å². The van der Waals surface area contributed by atoms with Crippen LogP contribution in [0.1, 0.15) is 36.9 Å². The van der Waals surface area contributed by atoms with Crippen molar-refractivity contribution in [1.82, 2.24) is 10.1 Å². The van der Waals surface area contributed by atoms with E-state index in [-0.39, 0.29) is 22.8 Å². The number of benzene rings is 3. The maximum Gasteiger partial charge on any atom is 0.324 e. The Labute approximate surface area is 217 Å². The molecule has 0 atom stereocenters. The first-order valence-corrected chi connectivity index (χ1v) is 11.8. The van der Waals surface area contributed by atoms with Gasteiger partial charge in [0.1, 0.15) is 17.3 Å². The van der Waals surface area contributed by atoms with Gasteiger partial charge in [-0.05, 0) is 42.5 Å². The maximum absolute atomic E-state index is 13.1. The van der Waals surface area contributed by atoms with E-state index in [9.17, 15) is 19.8 Å². The molecule has 0 fully saturated rings. The SMILES string of the molecule is CC(C)(C)c1cc(NC(=O)Nc2ccc(NC(=O)c3cccc4nc5cc(O)cc(O)c5cc34)cc2)no1. The molecule has 0 aliphatic rings. The monoisotopic (exact) mass is 511 g/mol.